The van der Waals surface area contributed by atoms with Crippen molar-refractivity contribution in [2.45, 2.75) is 0 Å². The van der Waals surface area contributed by atoms with Gasteiger partial charge in [0.05, 0.1) is 22.1 Å². The van der Waals surface area contributed by atoms with Gasteiger partial charge < -0.3 is 8.98 Å². The number of benzene rings is 9. The summed E-state index contributed by atoms with van der Waals surface area (Å²) >= 11 is 0. The van der Waals surface area contributed by atoms with Gasteiger partial charge in [-0.25, -0.2) is 0 Å². The zero-order chi connectivity index (χ0) is 37.8. The number of hydrogen-bond acceptors (Lipinski definition) is 1. The third kappa shape index (κ3) is 5.17. The summed E-state index contributed by atoms with van der Waals surface area (Å²) in [5.41, 5.74) is 9.92. The Balaban J connectivity index is 1.34. The Kier molecular flexibility index (Phi) is 7.87. The predicted molar refractivity (Wildman–Crippen MR) is 243 cm³/mol. The molecule has 11 aromatic rings. The maximum absolute atomic E-state index is 6.76. The predicted octanol–water partition coefficient (Wildman–Crippen LogP) is 11.4. The van der Waals surface area contributed by atoms with Gasteiger partial charge in [-0.05, 0) is 56.1 Å². The summed E-state index contributed by atoms with van der Waals surface area (Å²) in [5, 5.41) is 9.92. The van der Waals surface area contributed by atoms with Crippen LogP contribution in [0.1, 0.15) is 0 Å². The quantitative estimate of drug-likeness (QED) is 0.117. The van der Waals surface area contributed by atoms with Crippen LogP contribution in [0, 0.1) is 0 Å². The first kappa shape index (κ1) is 33.2. The van der Waals surface area contributed by atoms with Crippen LogP contribution in [0.25, 0.3) is 71.7 Å². The number of furan rings is 1. The summed E-state index contributed by atoms with van der Waals surface area (Å²) in [6.45, 7) is 0. The molecular formula is C54H37NOSi. The maximum Gasteiger partial charge on any atom is 0.179 e. The minimum absolute atomic E-state index is 0.903. The van der Waals surface area contributed by atoms with Gasteiger partial charge in [-0.2, -0.15) is 0 Å². The Morgan fingerprint density at radius 3 is 1.35 bits per heavy atom. The van der Waals surface area contributed by atoms with Gasteiger partial charge in [0, 0.05) is 27.3 Å². The van der Waals surface area contributed by atoms with Gasteiger partial charge in [0.2, 0.25) is 0 Å². The lowest BCUT2D eigenvalue weighted by Crippen LogP contribution is -2.74. The molecular weight excluding hydrogens is 707 g/mol. The minimum Gasteiger partial charge on any atom is -0.455 e. The highest BCUT2D eigenvalue weighted by molar-refractivity contribution is 7.20. The van der Waals surface area contributed by atoms with Crippen molar-refractivity contribution in [3.05, 3.63) is 224 Å². The Labute approximate surface area is 332 Å². The third-order valence-corrected chi connectivity index (χ3v) is 16.5. The van der Waals surface area contributed by atoms with Gasteiger partial charge in [0.25, 0.3) is 0 Å². The van der Waals surface area contributed by atoms with E-state index in [2.05, 4.69) is 229 Å². The van der Waals surface area contributed by atoms with E-state index in [1.165, 1.54) is 48.4 Å². The van der Waals surface area contributed by atoms with Crippen molar-refractivity contribution in [2.24, 2.45) is 0 Å². The Morgan fingerprint density at radius 2 is 0.807 bits per heavy atom. The first-order chi connectivity index (χ1) is 28.3. The molecule has 0 atom stereocenters. The molecule has 0 aliphatic heterocycles. The van der Waals surface area contributed by atoms with Crippen LogP contribution in [0.3, 0.4) is 0 Å². The largest absolute Gasteiger partial charge is 0.455 e. The van der Waals surface area contributed by atoms with E-state index in [-0.39, 0.29) is 0 Å². The van der Waals surface area contributed by atoms with Gasteiger partial charge >= 0.3 is 0 Å². The molecule has 2 heterocycles. The van der Waals surface area contributed by atoms with Gasteiger partial charge in [0.1, 0.15) is 11.2 Å². The molecule has 2 nitrogen and oxygen atoms in total. The zero-order valence-electron chi connectivity index (χ0n) is 31.2. The van der Waals surface area contributed by atoms with Gasteiger partial charge in [-0.1, -0.05) is 200 Å². The Morgan fingerprint density at radius 1 is 0.351 bits per heavy atom. The van der Waals surface area contributed by atoms with Crippen LogP contribution in [0.15, 0.2) is 229 Å². The second-order valence-electron chi connectivity index (χ2n) is 14.8. The number of para-hydroxylation sites is 2. The molecule has 0 unspecified atom stereocenters. The second kappa shape index (κ2) is 13.5. The molecule has 0 saturated heterocycles. The molecule has 0 radical (unpaired) electrons. The molecule has 0 bridgehead atoms. The summed E-state index contributed by atoms with van der Waals surface area (Å²) in [6, 6.07) is 82.4. The van der Waals surface area contributed by atoms with Crippen molar-refractivity contribution in [3.8, 4) is 27.9 Å². The molecule has 2 aromatic heterocycles. The first-order valence-electron chi connectivity index (χ1n) is 19.6. The molecule has 3 heteroatoms. The fourth-order valence-electron chi connectivity index (χ4n) is 9.31. The normalized spacial score (nSPS) is 11.9. The summed E-state index contributed by atoms with van der Waals surface area (Å²) in [6.07, 6.45) is 0. The molecule has 0 spiro atoms. The number of nitrogens with zero attached hydrogens (tertiary/aromatic N) is 1. The summed E-state index contributed by atoms with van der Waals surface area (Å²) in [4.78, 5) is 0. The molecule has 9 aromatic carbocycles. The van der Waals surface area contributed by atoms with E-state index in [1.807, 2.05) is 0 Å². The van der Waals surface area contributed by atoms with E-state index in [9.17, 15) is 0 Å². The summed E-state index contributed by atoms with van der Waals surface area (Å²) in [7, 11) is -2.92. The van der Waals surface area contributed by atoms with E-state index in [0.717, 1.165) is 44.0 Å². The smallest absolute Gasteiger partial charge is 0.179 e. The summed E-state index contributed by atoms with van der Waals surface area (Å²) in [5.74, 6) is 0. The van der Waals surface area contributed by atoms with Crippen LogP contribution in [-0.4, -0.2) is 12.6 Å². The molecule has 57 heavy (non-hydrogen) atoms. The van der Waals surface area contributed by atoms with E-state index >= 15 is 0 Å². The first-order valence-corrected chi connectivity index (χ1v) is 21.6. The number of aromatic nitrogens is 1. The lowest BCUT2D eigenvalue weighted by Gasteiger charge is -2.36. The lowest BCUT2D eigenvalue weighted by atomic mass is 9.95. The highest BCUT2D eigenvalue weighted by atomic mass is 28.3. The van der Waals surface area contributed by atoms with E-state index in [4.69, 9.17) is 4.42 Å². The van der Waals surface area contributed by atoms with Crippen LogP contribution in [-0.2, 0) is 0 Å². The van der Waals surface area contributed by atoms with Gasteiger partial charge in [-0.15, -0.1) is 0 Å². The van der Waals surface area contributed by atoms with Crippen LogP contribution in [0.4, 0.5) is 0 Å². The fourth-order valence-corrected chi connectivity index (χ4v) is 14.1. The van der Waals surface area contributed by atoms with Crippen LogP contribution in [0.5, 0.6) is 0 Å². The van der Waals surface area contributed by atoms with Gasteiger partial charge in [-0.3, -0.25) is 0 Å². The second-order valence-corrected chi connectivity index (χ2v) is 18.6. The van der Waals surface area contributed by atoms with E-state index < -0.39 is 8.07 Å². The van der Waals surface area contributed by atoms with Crippen molar-refractivity contribution in [2.75, 3.05) is 0 Å². The maximum atomic E-state index is 6.76. The monoisotopic (exact) mass is 743 g/mol. The van der Waals surface area contributed by atoms with Crippen LogP contribution < -0.4 is 20.7 Å². The van der Waals surface area contributed by atoms with Gasteiger partial charge in [0.15, 0.2) is 8.07 Å². The highest BCUT2D eigenvalue weighted by Gasteiger charge is 2.42. The Bertz CT molecular complexity index is 3050. The topological polar surface area (TPSA) is 18.1 Å². The SMILES string of the molecule is c1ccc(-c2cc([Si](c3ccccc3)(c3ccccc3)c3ccccc3)cc(-c3ccccc3)c2-n2c3ccccc3c3c4oc5ccccc5c4ccc32)cc1. The molecule has 0 amide bonds. The van der Waals surface area contributed by atoms with Crippen molar-refractivity contribution in [1.29, 1.82) is 0 Å². The minimum atomic E-state index is -2.92. The molecule has 0 fully saturated rings. The van der Waals surface area contributed by atoms with Crippen molar-refractivity contribution in [3.63, 3.8) is 0 Å². The average Bonchev–Trinajstić information content (AvgIpc) is 3.84. The molecule has 11 rings (SSSR count). The van der Waals surface area contributed by atoms with E-state index in [0.29, 0.717) is 0 Å². The molecule has 268 valence electrons. The average molecular weight is 744 g/mol. The summed E-state index contributed by atoms with van der Waals surface area (Å²) < 4.78 is 9.26. The lowest BCUT2D eigenvalue weighted by molar-refractivity contribution is 0.673. The van der Waals surface area contributed by atoms with Crippen LogP contribution >= 0.6 is 0 Å². The molecule has 0 aliphatic rings. The molecule has 0 saturated carbocycles. The van der Waals surface area contributed by atoms with E-state index in [1.54, 1.807) is 0 Å². The van der Waals surface area contributed by atoms with Crippen molar-refractivity contribution in [1.82, 2.24) is 4.57 Å². The zero-order valence-corrected chi connectivity index (χ0v) is 32.2. The molecule has 0 N–H and O–H groups in total. The Hall–Kier alpha value is -7.20. The standard InChI is InChI=1S/C54H37NOSi/c1-6-20-38(21-7-1)47-36-43(57(40-24-10-3-11-25-40,41-26-12-4-13-27-41)42-28-14-5-15-29-42)37-48(39-22-8-2-9-23-39)53(47)55-49-32-18-16-31-46(49)52-50(55)35-34-45-44-30-17-19-33-51(44)56-54(45)52/h1-37H. The van der Waals surface area contributed by atoms with Crippen molar-refractivity contribution < 1.29 is 4.42 Å². The van der Waals surface area contributed by atoms with Crippen molar-refractivity contribution >= 4 is 72.6 Å². The fraction of sp³-hybridized carbons (Fsp3) is 0. The number of rotatable bonds is 7. The number of fused-ring (bicyclic) bond motifs is 7. The highest BCUT2D eigenvalue weighted by Crippen LogP contribution is 2.44. The third-order valence-electron chi connectivity index (χ3n) is 11.7. The number of hydrogen-bond donors (Lipinski definition) is 0. The van der Waals surface area contributed by atoms with Crippen LogP contribution in [0.2, 0.25) is 0 Å². The molecule has 0 aliphatic carbocycles.